The predicted molar refractivity (Wildman–Crippen MR) is 123 cm³/mol. The van der Waals surface area contributed by atoms with Crippen molar-refractivity contribution in [1.29, 1.82) is 0 Å². The van der Waals surface area contributed by atoms with Crippen molar-refractivity contribution < 1.29 is 22.7 Å². The number of amides is 1. The molecule has 2 aliphatic carbocycles. The van der Waals surface area contributed by atoms with Crippen LogP contribution in [0.4, 0.5) is 11.4 Å². The third-order valence-corrected chi connectivity index (χ3v) is 8.77. The fourth-order valence-electron chi connectivity index (χ4n) is 5.28. The Labute approximate surface area is 188 Å². The molecule has 2 aromatic carbocycles. The molecule has 2 fully saturated rings. The molecule has 0 saturated heterocycles. The summed E-state index contributed by atoms with van der Waals surface area (Å²) in [5.41, 5.74) is 0.135. The number of hydrogen-bond donors (Lipinski definition) is 2. The third-order valence-electron chi connectivity index (χ3n) is 7.35. The van der Waals surface area contributed by atoms with Crippen molar-refractivity contribution >= 4 is 33.1 Å². The minimum atomic E-state index is -3.74. The molecule has 0 unspecified atom stereocenters. The zero-order chi connectivity index (χ0) is 23.1. The fourth-order valence-corrected chi connectivity index (χ4v) is 7.17. The number of hydrogen-bond acceptors (Lipinski definition) is 5. The lowest BCUT2D eigenvalue weighted by atomic mass is 9.70. The Kier molecular flexibility index (Phi) is 5.53. The van der Waals surface area contributed by atoms with E-state index in [0.29, 0.717) is 35.5 Å². The minimum Gasteiger partial charge on any atom is -0.495 e. The van der Waals surface area contributed by atoms with Crippen molar-refractivity contribution in [1.82, 2.24) is 0 Å². The molecule has 2 aliphatic rings. The van der Waals surface area contributed by atoms with Gasteiger partial charge in [0.25, 0.3) is 5.91 Å². The molecule has 0 heterocycles. The molecule has 32 heavy (non-hydrogen) atoms. The molecule has 2 N–H and O–H groups in total. The summed E-state index contributed by atoms with van der Waals surface area (Å²) in [6.07, 6.45) is 1.98. The predicted octanol–water partition coefficient (Wildman–Crippen LogP) is 4.08. The highest BCUT2D eigenvalue weighted by molar-refractivity contribution is 7.92. The van der Waals surface area contributed by atoms with Gasteiger partial charge in [-0.3, -0.25) is 14.3 Å². The van der Waals surface area contributed by atoms with Crippen LogP contribution >= 0.6 is 0 Å². The number of para-hydroxylation sites is 2. The van der Waals surface area contributed by atoms with Gasteiger partial charge in [-0.15, -0.1) is 0 Å². The van der Waals surface area contributed by atoms with Gasteiger partial charge in [-0.1, -0.05) is 26.0 Å². The van der Waals surface area contributed by atoms with Crippen LogP contribution in [0.15, 0.2) is 48.5 Å². The van der Waals surface area contributed by atoms with Crippen LogP contribution in [0.3, 0.4) is 0 Å². The Hall–Kier alpha value is -2.87. The van der Waals surface area contributed by atoms with Crippen LogP contribution < -0.4 is 14.8 Å². The van der Waals surface area contributed by atoms with E-state index in [9.17, 15) is 18.0 Å². The zero-order valence-corrected chi connectivity index (χ0v) is 19.3. The minimum absolute atomic E-state index is 0.0625. The van der Waals surface area contributed by atoms with E-state index in [1.54, 1.807) is 48.5 Å². The average Bonchev–Trinajstić information content (AvgIpc) is 3.08. The molecule has 2 saturated carbocycles. The Balaban J connectivity index is 1.45. The van der Waals surface area contributed by atoms with Crippen LogP contribution in [0, 0.1) is 16.7 Å². The molecular formula is C24H28N2O5S. The highest BCUT2D eigenvalue weighted by Gasteiger charge is 2.65. The summed E-state index contributed by atoms with van der Waals surface area (Å²) in [6, 6.07) is 13.3. The van der Waals surface area contributed by atoms with Gasteiger partial charge in [0.2, 0.25) is 10.0 Å². The zero-order valence-electron chi connectivity index (χ0n) is 18.5. The van der Waals surface area contributed by atoms with E-state index in [4.69, 9.17) is 4.74 Å². The number of Topliss-reactive ketones (excluding diaryl/α,β-unsaturated/α-hetero) is 1. The Morgan fingerprint density at radius 2 is 1.81 bits per heavy atom. The van der Waals surface area contributed by atoms with Crippen molar-refractivity contribution in [2.75, 3.05) is 22.9 Å². The highest BCUT2D eigenvalue weighted by Crippen LogP contribution is 2.64. The van der Waals surface area contributed by atoms with Crippen molar-refractivity contribution in [2.45, 2.75) is 33.1 Å². The van der Waals surface area contributed by atoms with E-state index in [2.05, 4.69) is 10.0 Å². The molecule has 0 radical (unpaired) electrons. The van der Waals surface area contributed by atoms with Gasteiger partial charge in [0.1, 0.15) is 11.5 Å². The number of rotatable bonds is 7. The van der Waals surface area contributed by atoms with Gasteiger partial charge < -0.3 is 10.1 Å². The van der Waals surface area contributed by atoms with Gasteiger partial charge in [0.05, 0.1) is 24.0 Å². The first kappa shape index (κ1) is 22.3. The second-order valence-corrected chi connectivity index (χ2v) is 11.0. The topological polar surface area (TPSA) is 102 Å². The van der Waals surface area contributed by atoms with Crippen molar-refractivity contribution in [3.8, 4) is 5.75 Å². The quantitative estimate of drug-likeness (QED) is 0.654. The first-order chi connectivity index (χ1) is 15.1. The molecule has 1 amide bonds. The number of anilines is 2. The lowest BCUT2D eigenvalue weighted by Crippen LogP contribution is -2.43. The van der Waals surface area contributed by atoms with Gasteiger partial charge in [-0.05, 0) is 60.6 Å². The summed E-state index contributed by atoms with van der Waals surface area (Å²) in [5, 5.41) is 2.78. The summed E-state index contributed by atoms with van der Waals surface area (Å²) in [5.74, 6) is 0.318. The highest BCUT2D eigenvalue weighted by atomic mass is 32.2. The molecule has 2 bridgehead atoms. The van der Waals surface area contributed by atoms with Crippen LogP contribution in [0.2, 0.25) is 0 Å². The van der Waals surface area contributed by atoms with E-state index < -0.39 is 15.4 Å². The number of benzene rings is 2. The third kappa shape index (κ3) is 3.77. The Morgan fingerprint density at radius 3 is 2.41 bits per heavy atom. The van der Waals surface area contributed by atoms with Crippen LogP contribution in [0.5, 0.6) is 5.75 Å². The lowest BCUT2D eigenvalue weighted by molar-refractivity contribution is -0.128. The van der Waals surface area contributed by atoms with E-state index in [1.165, 1.54) is 7.11 Å². The molecule has 4 rings (SSSR count). The molecule has 0 aromatic heterocycles. The molecular weight excluding hydrogens is 428 g/mol. The molecule has 170 valence electrons. The van der Waals surface area contributed by atoms with Crippen LogP contribution in [0.1, 0.15) is 43.5 Å². The summed E-state index contributed by atoms with van der Waals surface area (Å²) in [7, 11) is -2.22. The summed E-state index contributed by atoms with van der Waals surface area (Å²) < 4.78 is 33.7. The first-order valence-corrected chi connectivity index (χ1v) is 12.3. The molecule has 2 aromatic rings. The number of carbonyl (C=O) groups excluding carboxylic acids is 2. The summed E-state index contributed by atoms with van der Waals surface area (Å²) in [4.78, 5) is 25.2. The smallest absolute Gasteiger partial charge is 0.255 e. The summed E-state index contributed by atoms with van der Waals surface area (Å²) in [6.45, 7) is 4.03. The van der Waals surface area contributed by atoms with Gasteiger partial charge in [0, 0.05) is 17.7 Å². The monoisotopic (exact) mass is 456 g/mol. The molecule has 0 spiro atoms. The van der Waals surface area contributed by atoms with E-state index in [-0.39, 0.29) is 28.8 Å². The van der Waals surface area contributed by atoms with Crippen molar-refractivity contribution in [2.24, 2.45) is 16.7 Å². The van der Waals surface area contributed by atoms with Crippen LogP contribution in [-0.2, 0) is 14.8 Å². The molecule has 7 nitrogen and oxygen atoms in total. The maximum absolute atomic E-state index is 12.9. The van der Waals surface area contributed by atoms with Crippen molar-refractivity contribution in [3.63, 3.8) is 0 Å². The number of sulfonamides is 1. The van der Waals surface area contributed by atoms with E-state index in [1.807, 2.05) is 13.8 Å². The fraction of sp³-hybridized carbons (Fsp3) is 0.417. The largest absolute Gasteiger partial charge is 0.495 e. The van der Waals surface area contributed by atoms with E-state index in [0.717, 1.165) is 6.42 Å². The Morgan fingerprint density at radius 1 is 1.12 bits per heavy atom. The first-order valence-electron chi connectivity index (χ1n) is 10.7. The molecule has 0 aliphatic heterocycles. The number of nitrogens with one attached hydrogen (secondary N) is 2. The lowest BCUT2D eigenvalue weighted by Gasteiger charge is -2.36. The summed E-state index contributed by atoms with van der Waals surface area (Å²) >= 11 is 0. The SMILES string of the molecule is COc1ccccc1NC(=O)c1ccc(NS(=O)(=O)C[C@@]23CC[C@H](CC2=O)C3(C)C)cc1. The molecule has 8 heteroatoms. The second-order valence-electron chi connectivity index (χ2n) is 9.26. The van der Waals surface area contributed by atoms with Crippen LogP contribution in [-0.4, -0.2) is 33.0 Å². The van der Waals surface area contributed by atoms with Gasteiger partial charge in [-0.2, -0.15) is 0 Å². The standard InChI is InChI=1S/C24H28N2O5S/c1-23(2)17-12-13-24(23,21(27)14-17)15-32(29,30)26-18-10-8-16(9-11-18)22(28)25-19-6-4-5-7-20(19)31-3/h4-11,17,26H,12-15H2,1-3H3,(H,25,28)/t17-,24+/m1/s1. The maximum atomic E-state index is 12.9. The van der Waals surface area contributed by atoms with Gasteiger partial charge in [-0.25, -0.2) is 8.42 Å². The second kappa shape index (κ2) is 7.92. The van der Waals surface area contributed by atoms with Crippen molar-refractivity contribution in [3.05, 3.63) is 54.1 Å². The number of ether oxygens (including phenoxy) is 1. The number of ketones is 1. The molecule has 2 atom stereocenters. The van der Waals surface area contributed by atoms with Gasteiger partial charge in [0.15, 0.2) is 0 Å². The normalized spacial score (nSPS) is 23.7. The van der Waals surface area contributed by atoms with E-state index >= 15 is 0 Å². The maximum Gasteiger partial charge on any atom is 0.255 e. The Bertz CT molecular complexity index is 1160. The van der Waals surface area contributed by atoms with Gasteiger partial charge >= 0.3 is 0 Å². The number of carbonyl (C=O) groups is 2. The number of methoxy groups -OCH3 is 1. The number of fused-ring (bicyclic) bond motifs is 2. The average molecular weight is 457 g/mol. The van der Waals surface area contributed by atoms with Crippen LogP contribution in [0.25, 0.3) is 0 Å².